The Morgan fingerprint density at radius 3 is 1.94 bits per heavy atom. The van der Waals surface area contributed by atoms with Crippen molar-refractivity contribution in [2.24, 2.45) is 29.6 Å². The number of hydrogen-bond donors (Lipinski definition) is 0. The lowest BCUT2D eigenvalue weighted by Crippen LogP contribution is -2.25. The number of rotatable bonds is 8. The predicted molar refractivity (Wildman–Crippen MR) is 75.5 cm³/mol. The maximum absolute atomic E-state index is 4.07. The molecule has 0 saturated heterocycles. The summed E-state index contributed by atoms with van der Waals surface area (Å²) in [6.07, 6.45) is 6.17. The molecule has 16 heavy (non-hydrogen) atoms. The molecule has 0 heteroatoms. The van der Waals surface area contributed by atoms with Crippen LogP contribution in [-0.2, 0) is 0 Å². The second-order valence-corrected chi connectivity index (χ2v) is 6.12. The van der Waals surface area contributed by atoms with Crippen LogP contribution in [0.3, 0.4) is 0 Å². The molecule has 0 aromatic heterocycles. The molecule has 0 aromatic carbocycles. The topological polar surface area (TPSA) is 0 Å². The van der Waals surface area contributed by atoms with Crippen molar-refractivity contribution >= 4 is 0 Å². The third-order valence-corrected chi connectivity index (χ3v) is 3.77. The van der Waals surface area contributed by atoms with Crippen molar-refractivity contribution in [3.63, 3.8) is 0 Å². The van der Waals surface area contributed by atoms with Gasteiger partial charge in [-0.25, -0.2) is 0 Å². The molecule has 0 aromatic rings. The fourth-order valence-electron chi connectivity index (χ4n) is 2.89. The summed E-state index contributed by atoms with van der Waals surface area (Å²) in [5.74, 6) is 3.85. The van der Waals surface area contributed by atoms with E-state index in [1.54, 1.807) is 0 Å². The Bertz CT molecular complexity index is 178. The minimum atomic E-state index is 0.697. The second-order valence-electron chi connectivity index (χ2n) is 6.12. The molecule has 0 aliphatic rings. The van der Waals surface area contributed by atoms with E-state index in [-0.39, 0.29) is 0 Å². The zero-order chi connectivity index (χ0) is 12.7. The van der Waals surface area contributed by atoms with E-state index in [9.17, 15) is 0 Å². The molecule has 96 valence electrons. The van der Waals surface area contributed by atoms with Gasteiger partial charge in [-0.2, -0.15) is 0 Å². The van der Waals surface area contributed by atoms with Gasteiger partial charge in [0.15, 0.2) is 0 Å². The van der Waals surface area contributed by atoms with Gasteiger partial charge < -0.3 is 0 Å². The Morgan fingerprint density at radius 2 is 1.62 bits per heavy atom. The van der Waals surface area contributed by atoms with Gasteiger partial charge in [0.2, 0.25) is 0 Å². The molecule has 0 rings (SSSR count). The zero-order valence-corrected chi connectivity index (χ0v) is 12.3. The van der Waals surface area contributed by atoms with Crippen LogP contribution in [0.5, 0.6) is 0 Å². The molecular formula is C16H32. The average Bonchev–Trinajstić information content (AvgIpc) is 2.17. The average molecular weight is 224 g/mol. The quantitative estimate of drug-likeness (QED) is 0.475. The van der Waals surface area contributed by atoms with Crippen molar-refractivity contribution in [3.05, 3.63) is 12.7 Å². The Hall–Kier alpha value is -0.260. The minimum Gasteiger partial charge on any atom is -0.103 e. The summed E-state index contributed by atoms with van der Waals surface area (Å²) in [6, 6.07) is 0. The summed E-state index contributed by atoms with van der Waals surface area (Å²) in [6.45, 7) is 18.1. The van der Waals surface area contributed by atoms with Gasteiger partial charge in [0.1, 0.15) is 0 Å². The molecule has 0 N–H and O–H groups in total. The Balaban J connectivity index is 4.63. The first-order valence-corrected chi connectivity index (χ1v) is 7.06. The van der Waals surface area contributed by atoms with Crippen LogP contribution in [-0.4, -0.2) is 0 Å². The summed E-state index contributed by atoms with van der Waals surface area (Å²) in [5, 5.41) is 0. The van der Waals surface area contributed by atoms with Crippen LogP contribution in [0, 0.1) is 29.6 Å². The Morgan fingerprint density at radius 1 is 1.06 bits per heavy atom. The first kappa shape index (κ1) is 15.7. The van der Waals surface area contributed by atoms with E-state index in [1.165, 1.54) is 19.3 Å². The van der Waals surface area contributed by atoms with E-state index >= 15 is 0 Å². The van der Waals surface area contributed by atoms with E-state index in [1.807, 2.05) is 0 Å². The van der Waals surface area contributed by atoms with Crippen LogP contribution < -0.4 is 0 Å². The maximum Gasteiger partial charge on any atom is -0.0180 e. The van der Waals surface area contributed by atoms with Crippen molar-refractivity contribution in [1.29, 1.82) is 0 Å². The summed E-state index contributed by atoms with van der Waals surface area (Å²) in [7, 11) is 0. The Labute approximate surface area is 104 Å². The van der Waals surface area contributed by atoms with Crippen LogP contribution in [0.2, 0.25) is 0 Å². The van der Waals surface area contributed by atoms with E-state index in [2.05, 4.69) is 54.2 Å². The highest BCUT2D eigenvalue weighted by Gasteiger charge is 2.26. The van der Waals surface area contributed by atoms with Crippen LogP contribution in [0.15, 0.2) is 12.7 Å². The smallest absolute Gasteiger partial charge is 0.0180 e. The lowest BCUT2D eigenvalue weighted by atomic mass is 9.72. The second kappa shape index (κ2) is 7.92. The van der Waals surface area contributed by atoms with Crippen LogP contribution in [0.25, 0.3) is 0 Å². The zero-order valence-electron chi connectivity index (χ0n) is 12.3. The molecule has 3 unspecified atom stereocenters. The summed E-state index contributed by atoms with van der Waals surface area (Å²) in [4.78, 5) is 0. The minimum absolute atomic E-state index is 0.697. The first-order chi connectivity index (χ1) is 7.43. The molecule has 0 bridgehead atoms. The molecular weight excluding hydrogens is 192 g/mol. The maximum atomic E-state index is 4.07. The molecule has 3 atom stereocenters. The van der Waals surface area contributed by atoms with Crippen LogP contribution in [0.1, 0.15) is 60.8 Å². The fraction of sp³-hybridized carbons (Fsp3) is 0.875. The van der Waals surface area contributed by atoms with Gasteiger partial charge >= 0.3 is 0 Å². The SMILES string of the molecule is C=CC(C(C)CCC)C(CC(C)C)C(C)C. The highest BCUT2D eigenvalue weighted by molar-refractivity contribution is 4.89. The molecule has 0 amide bonds. The number of allylic oxidation sites excluding steroid dienone is 1. The van der Waals surface area contributed by atoms with Crippen molar-refractivity contribution in [3.8, 4) is 0 Å². The molecule has 0 heterocycles. The van der Waals surface area contributed by atoms with Gasteiger partial charge in [0.25, 0.3) is 0 Å². The lowest BCUT2D eigenvalue weighted by Gasteiger charge is -2.33. The first-order valence-electron chi connectivity index (χ1n) is 7.06. The molecule has 0 saturated carbocycles. The molecule has 0 spiro atoms. The van der Waals surface area contributed by atoms with Crippen LogP contribution in [0.4, 0.5) is 0 Å². The molecule has 0 aliphatic heterocycles. The highest BCUT2D eigenvalue weighted by atomic mass is 14.3. The fourth-order valence-corrected chi connectivity index (χ4v) is 2.89. The molecule has 0 fully saturated rings. The van der Waals surface area contributed by atoms with Crippen molar-refractivity contribution in [2.75, 3.05) is 0 Å². The highest BCUT2D eigenvalue weighted by Crippen LogP contribution is 2.35. The lowest BCUT2D eigenvalue weighted by molar-refractivity contribution is 0.191. The van der Waals surface area contributed by atoms with Crippen LogP contribution >= 0.6 is 0 Å². The number of hydrogen-bond acceptors (Lipinski definition) is 0. The Kier molecular flexibility index (Phi) is 7.80. The normalized spacial score (nSPS) is 17.5. The summed E-state index contributed by atoms with van der Waals surface area (Å²) < 4.78 is 0. The standard InChI is InChI=1S/C16H32/c1-8-10-14(7)15(9-2)16(13(5)6)11-12(3)4/h9,12-16H,2,8,10-11H2,1,3-7H3. The van der Waals surface area contributed by atoms with Gasteiger partial charge in [-0.3, -0.25) is 0 Å². The van der Waals surface area contributed by atoms with E-state index in [0.717, 1.165) is 23.7 Å². The van der Waals surface area contributed by atoms with E-state index in [4.69, 9.17) is 0 Å². The van der Waals surface area contributed by atoms with E-state index < -0.39 is 0 Å². The summed E-state index contributed by atoms with van der Waals surface area (Å²) >= 11 is 0. The third kappa shape index (κ3) is 5.18. The van der Waals surface area contributed by atoms with Gasteiger partial charge in [-0.1, -0.05) is 60.5 Å². The van der Waals surface area contributed by atoms with Gasteiger partial charge in [0.05, 0.1) is 0 Å². The van der Waals surface area contributed by atoms with Crippen molar-refractivity contribution in [1.82, 2.24) is 0 Å². The third-order valence-electron chi connectivity index (χ3n) is 3.77. The van der Waals surface area contributed by atoms with Gasteiger partial charge in [-0.05, 0) is 36.0 Å². The largest absolute Gasteiger partial charge is 0.103 e. The molecule has 0 radical (unpaired) electrons. The monoisotopic (exact) mass is 224 g/mol. The molecule has 0 aliphatic carbocycles. The van der Waals surface area contributed by atoms with Gasteiger partial charge in [-0.15, -0.1) is 6.58 Å². The summed E-state index contributed by atoms with van der Waals surface area (Å²) in [5.41, 5.74) is 0. The predicted octanol–water partition coefficient (Wildman–Crippen LogP) is 5.54. The van der Waals surface area contributed by atoms with Gasteiger partial charge in [0, 0.05) is 0 Å². The molecule has 0 nitrogen and oxygen atoms in total. The van der Waals surface area contributed by atoms with Crippen molar-refractivity contribution in [2.45, 2.75) is 60.8 Å². The van der Waals surface area contributed by atoms with E-state index in [0.29, 0.717) is 5.92 Å². The van der Waals surface area contributed by atoms with Crippen molar-refractivity contribution < 1.29 is 0 Å².